The van der Waals surface area contributed by atoms with E-state index in [1.165, 1.54) is 0 Å². The highest BCUT2D eigenvalue weighted by atomic mass is 79.9. The quantitative estimate of drug-likeness (QED) is 0.249. The second-order valence-corrected chi connectivity index (χ2v) is 16.4. The van der Waals surface area contributed by atoms with Crippen molar-refractivity contribution in [1.82, 2.24) is 29.8 Å². The summed E-state index contributed by atoms with van der Waals surface area (Å²) in [4.78, 5) is 23.3. The van der Waals surface area contributed by atoms with Crippen molar-refractivity contribution in [2.45, 2.75) is 12.0 Å². The lowest BCUT2D eigenvalue weighted by Gasteiger charge is -2.45. The summed E-state index contributed by atoms with van der Waals surface area (Å²) in [6, 6.07) is 8.33. The van der Waals surface area contributed by atoms with Gasteiger partial charge >= 0.3 is 0 Å². The van der Waals surface area contributed by atoms with Gasteiger partial charge in [-0.1, -0.05) is 0 Å². The van der Waals surface area contributed by atoms with Gasteiger partial charge in [-0.15, -0.1) is 0 Å². The number of halogens is 1. The molecule has 4 aromatic rings. The highest BCUT2D eigenvalue weighted by Crippen LogP contribution is 2.42. The summed E-state index contributed by atoms with van der Waals surface area (Å²) < 4.78 is 25.9. The molecule has 2 aromatic carbocycles. The zero-order valence-electron chi connectivity index (χ0n) is 26.9. The van der Waals surface area contributed by atoms with Crippen LogP contribution in [0.4, 0.5) is 28.8 Å². The third-order valence-electron chi connectivity index (χ3n) is 8.83. The van der Waals surface area contributed by atoms with Crippen LogP contribution in [-0.2, 0) is 9.30 Å². The van der Waals surface area contributed by atoms with Gasteiger partial charge in [-0.05, 0) is 53.0 Å². The van der Waals surface area contributed by atoms with Crippen molar-refractivity contribution < 1.29 is 14.0 Å². The summed E-state index contributed by atoms with van der Waals surface area (Å²) in [6.07, 6.45) is 6.94. The van der Waals surface area contributed by atoms with Gasteiger partial charge in [-0.3, -0.25) is 19.9 Å². The fourth-order valence-corrected chi connectivity index (χ4v) is 8.25. The van der Waals surface area contributed by atoms with Crippen LogP contribution in [0.5, 0.6) is 5.75 Å². The lowest BCUT2D eigenvalue weighted by molar-refractivity contribution is -0.0117. The number of morpholine rings is 1. The van der Waals surface area contributed by atoms with Crippen molar-refractivity contribution in [3.05, 3.63) is 52.9 Å². The Morgan fingerprint density at radius 3 is 2.68 bits per heavy atom. The first-order valence-electron chi connectivity index (χ1n) is 15.6. The van der Waals surface area contributed by atoms with E-state index in [2.05, 4.69) is 68.5 Å². The molecule has 0 spiro atoms. The van der Waals surface area contributed by atoms with Gasteiger partial charge in [0.05, 0.1) is 53.0 Å². The first-order valence-corrected chi connectivity index (χ1v) is 19.0. The molecule has 0 amide bonds. The van der Waals surface area contributed by atoms with Gasteiger partial charge in [-0.25, -0.2) is 4.98 Å². The van der Waals surface area contributed by atoms with E-state index in [0.717, 1.165) is 62.9 Å². The maximum atomic E-state index is 13.5. The number of anilines is 5. The Labute approximate surface area is 282 Å². The van der Waals surface area contributed by atoms with Crippen LogP contribution in [0, 0.1) is 0 Å². The Morgan fingerprint density at radius 2 is 1.89 bits per heavy atom. The zero-order valence-corrected chi connectivity index (χ0v) is 29.3. The number of benzene rings is 2. The van der Waals surface area contributed by atoms with Crippen LogP contribution in [-0.4, -0.2) is 116 Å². The maximum Gasteiger partial charge on any atom is 0.229 e. The predicted octanol–water partition coefficient (Wildman–Crippen LogP) is 4.46. The summed E-state index contributed by atoms with van der Waals surface area (Å²) in [5, 5.41) is 13.9. The Hall–Kier alpha value is -3.84. The van der Waals surface area contributed by atoms with Gasteiger partial charge in [-0.2, -0.15) is 10.1 Å². The lowest BCUT2D eigenvalue weighted by atomic mass is 9.96. The minimum absolute atomic E-state index is 0.110. The topological polar surface area (TPSA) is 133 Å². The summed E-state index contributed by atoms with van der Waals surface area (Å²) in [6.45, 7) is 9.57. The molecule has 7 rings (SSSR count). The van der Waals surface area contributed by atoms with E-state index < -0.39 is 7.14 Å². The molecule has 2 N–H and O–H groups in total. The third-order valence-corrected chi connectivity index (χ3v) is 10.9. The summed E-state index contributed by atoms with van der Waals surface area (Å²) >= 11 is 3.59. The molecule has 15 heteroatoms. The minimum Gasteiger partial charge on any atom is -0.494 e. The number of hydrogen-bond donors (Lipinski definition) is 2. The van der Waals surface area contributed by atoms with E-state index in [9.17, 15) is 4.57 Å². The Morgan fingerprint density at radius 1 is 1.04 bits per heavy atom. The molecule has 0 bridgehead atoms. The minimum atomic E-state index is -2.76. The third kappa shape index (κ3) is 6.52. The van der Waals surface area contributed by atoms with E-state index in [1.54, 1.807) is 39.0 Å². The van der Waals surface area contributed by atoms with E-state index in [4.69, 9.17) is 14.5 Å². The van der Waals surface area contributed by atoms with E-state index in [-0.39, 0.29) is 5.92 Å². The largest absolute Gasteiger partial charge is 0.494 e. The molecule has 3 aliphatic rings. The fraction of sp³-hybridized carbons (Fsp3) is 0.406. The van der Waals surface area contributed by atoms with Crippen LogP contribution in [0.2, 0.25) is 0 Å². The molecule has 2 aromatic heterocycles. The van der Waals surface area contributed by atoms with Gasteiger partial charge in [0.25, 0.3) is 0 Å². The average molecular weight is 722 g/mol. The molecule has 5 heterocycles. The van der Waals surface area contributed by atoms with Crippen LogP contribution in [0.15, 0.2) is 52.4 Å². The second kappa shape index (κ2) is 13.0. The van der Waals surface area contributed by atoms with Crippen molar-refractivity contribution in [3.63, 3.8) is 0 Å². The van der Waals surface area contributed by atoms with Gasteiger partial charge in [0.1, 0.15) is 24.2 Å². The number of ether oxygens (including phenoxy) is 2. The van der Waals surface area contributed by atoms with Crippen molar-refractivity contribution in [2.24, 2.45) is 5.10 Å². The molecular weight excluding hydrogens is 683 g/mol. The number of nitrogens with zero attached hydrogens (tertiary/aromatic N) is 8. The first-order chi connectivity index (χ1) is 22.7. The predicted molar refractivity (Wildman–Crippen MR) is 190 cm³/mol. The lowest BCUT2D eigenvalue weighted by Crippen LogP contribution is -2.58. The number of hydrogen-bond acceptors (Lipinski definition) is 13. The average Bonchev–Trinajstić information content (AvgIpc) is 3.51. The summed E-state index contributed by atoms with van der Waals surface area (Å²) in [5.41, 5.74) is 4.97. The van der Waals surface area contributed by atoms with Gasteiger partial charge in [0, 0.05) is 82.2 Å². The maximum absolute atomic E-state index is 13.5. The fourth-order valence-electron chi connectivity index (χ4n) is 6.57. The van der Waals surface area contributed by atoms with Crippen molar-refractivity contribution in [1.29, 1.82) is 0 Å². The molecule has 13 nitrogen and oxygen atoms in total. The Bertz CT molecular complexity index is 1890. The van der Waals surface area contributed by atoms with Crippen LogP contribution in [0.25, 0.3) is 11.0 Å². The second-order valence-electron chi connectivity index (χ2n) is 12.4. The molecule has 0 aliphatic carbocycles. The molecule has 3 aliphatic heterocycles. The van der Waals surface area contributed by atoms with Gasteiger partial charge in [0.15, 0.2) is 0 Å². The Balaban J connectivity index is 1.22. The molecule has 2 unspecified atom stereocenters. The number of fused-ring (bicyclic) bond motifs is 2. The monoisotopic (exact) mass is 720 g/mol. The summed E-state index contributed by atoms with van der Waals surface area (Å²) in [7, 11) is 0.907. The van der Waals surface area contributed by atoms with Crippen molar-refractivity contribution >= 4 is 74.5 Å². The highest BCUT2D eigenvalue weighted by molar-refractivity contribution is 9.10. The SMILES string of the molecule is COc1cc(N2CCN3CCOCC3C2)c(C2C=NN(C)C2)cc1Nc1ncc(Br)c(Nc2ccc3nccnc3c2P(C)(C)=O)n1. The smallest absolute Gasteiger partial charge is 0.229 e. The van der Waals surface area contributed by atoms with E-state index in [0.29, 0.717) is 50.1 Å². The molecule has 246 valence electrons. The first kappa shape index (κ1) is 31.7. The molecular formula is C32H38BrN10O3P. The molecule has 2 atom stereocenters. The molecule has 0 saturated carbocycles. The Kier molecular flexibility index (Phi) is 8.77. The highest BCUT2D eigenvalue weighted by Gasteiger charge is 2.33. The molecule has 2 saturated heterocycles. The summed E-state index contributed by atoms with van der Waals surface area (Å²) in [5.74, 6) is 1.67. The molecule has 47 heavy (non-hydrogen) atoms. The van der Waals surface area contributed by atoms with Crippen molar-refractivity contribution in [3.8, 4) is 5.75 Å². The number of rotatable bonds is 8. The normalized spacial score (nSPS) is 20.0. The van der Waals surface area contributed by atoms with Crippen molar-refractivity contribution in [2.75, 3.05) is 89.0 Å². The van der Waals surface area contributed by atoms with E-state index >= 15 is 0 Å². The van der Waals surface area contributed by atoms with Crippen LogP contribution in [0.1, 0.15) is 11.5 Å². The molecule has 2 fully saturated rings. The molecule has 0 radical (unpaired) electrons. The standard InChI is InChI=1S/C32H38BrN10O3P/c1-41-17-20(15-37-41)22-13-26(28(45-2)14-27(22)43-10-9-42-11-12-46-19-21(42)18-43)39-32-36-16-23(33)31(40-32)38-25-6-5-24-29(35-8-7-34-24)30(25)47(3,4)44/h5-8,13-16,20-21H,9-12,17-19H2,1-4H3,(H2,36,38,39,40). The number of methoxy groups -OCH3 is 1. The number of nitrogens with one attached hydrogen (secondary N) is 2. The number of piperazine rings is 1. The van der Waals surface area contributed by atoms with Crippen LogP contribution in [0.3, 0.4) is 0 Å². The van der Waals surface area contributed by atoms with Crippen LogP contribution < -0.4 is 25.6 Å². The number of aromatic nitrogens is 4. The van der Waals surface area contributed by atoms with Gasteiger partial charge < -0.3 is 29.6 Å². The van der Waals surface area contributed by atoms with Crippen LogP contribution >= 0.6 is 23.1 Å². The van der Waals surface area contributed by atoms with E-state index in [1.807, 2.05) is 30.4 Å². The van der Waals surface area contributed by atoms with Gasteiger partial charge in [0.2, 0.25) is 5.95 Å². The number of likely N-dealkylation sites (N-methyl/N-ethyl adjacent to an activating group) is 1. The zero-order chi connectivity index (χ0) is 32.7. The number of hydrazone groups is 1.